The molecule has 3 N–H and O–H groups in total. The third kappa shape index (κ3) is 4.57. The van der Waals surface area contributed by atoms with Gasteiger partial charge in [0.2, 0.25) is 5.91 Å². The molecule has 0 saturated heterocycles. The van der Waals surface area contributed by atoms with Gasteiger partial charge in [0.05, 0.1) is 0 Å². The number of halogens is 3. The summed E-state index contributed by atoms with van der Waals surface area (Å²) in [6, 6.07) is 10.4. The number of amides is 1. The number of carbonyl (C=O) groups excluding carboxylic acids is 1. The Labute approximate surface area is 152 Å². The third-order valence-electron chi connectivity index (χ3n) is 3.64. The Morgan fingerprint density at radius 2 is 1.81 bits per heavy atom. The van der Waals surface area contributed by atoms with Crippen LogP contribution < -0.4 is 11.1 Å². The predicted octanol–water partition coefficient (Wildman–Crippen LogP) is 3.27. The summed E-state index contributed by atoms with van der Waals surface area (Å²) in [6.45, 7) is 0.158. The van der Waals surface area contributed by atoms with Crippen molar-refractivity contribution < 1.29 is 18.0 Å². The van der Waals surface area contributed by atoms with Crippen LogP contribution in [0.3, 0.4) is 0 Å². The maximum atomic E-state index is 13.2. The Hall–Kier alpha value is -3.49. The lowest BCUT2D eigenvalue weighted by atomic mass is 10.1. The molecule has 3 rings (SSSR count). The highest BCUT2D eigenvalue weighted by atomic mass is 19.4. The zero-order valence-corrected chi connectivity index (χ0v) is 13.9. The lowest BCUT2D eigenvalue weighted by Gasteiger charge is -2.12. The molecule has 0 spiro atoms. The predicted molar refractivity (Wildman–Crippen MR) is 92.6 cm³/mol. The summed E-state index contributed by atoms with van der Waals surface area (Å²) < 4.78 is 39.6. The second-order valence-corrected chi connectivity index (χ2v) is 5.61. The van der Waals surface area contributed by atoms with Crippen molar-refractivity contribution in [2.45, 2.75) is 12.7 Å². The van der Waals surface area contributed by atoms with Crippen LogP contribution in [-0.2, 0) is 12.7 Å². The Morgan fingerprint density at radius 3 is 2.48 bits per heavy atom. The number of hydrogen-bond acceptors (Lipinski definition) is 5. The van der Waals surface area contributed by atoms with Crippen LogP contribution in [0.1, 0.15) is 21.6 Å². The average Bonchev–Trinajstić information content (AvgIpc) is 2.66. The van der Waals surface area contributed by atoms with Crippen molar-refractivity contribution in [3.05, 3.63) is 71.7 Å². The molecule has 3 aromatic rings. The van der Waals surface area contributed by atoms with E-state index < -0.39 is 17.8 Å². The van der Waals surface area contributed by atoms with E-state index in [0.29, 0.717) is 16.7 Å². The molecule has 9 heteroatoms. The number of aromatic nitrogens is 3. The highest BCUT2D eigenvalue weighted by molar-refractivity contribution is 5.92. The molecule has 1 amide bonds. The number of primary amides is 1. The highest BCUT2D eigenvalue weighted by Crippen LogP contribution is 2.30. The lowest BCUT2D eigenvalue weighted by molar-refractivity contribution is -0.141. The fraction of sp³-hybridized carbons (Fsp3) is 0.111. The first kappa shape index (κ1) is 18.3. The van der Waals surface area contributed by atoms with Gasteiger partial charge in [-0.3, -0.25) is 9.78 Å². The molecule has 2 heterocycles. The summed E-state index contributed by atoms with van der Waals surface area (Å²) in [5.41, 5.74) is 5.57. The van der Waals surface area contributed by atoms with Crippen molar-refractivity contribution in [3.63, 3.8) is 0 Å². The molecule has 0 radical (unpaired) electrons. The van der Waals surface area contributed by atoms with E-state index in [1.54, 1.807) is 24.3 Å². The standard InChI is InChI=1S/C18H14F3N5O/c19-18(20,21)14-9-15(26-17(25-14)12-4-6-23-7-5-12)24-10-11-2-1-3-13(8-11)16(22)27/h1-9H,10H2,(H2,22,27)(H,24,25,26). The SMILES string of the molecule is NC(=O)c1cccc(CNc2cc(C(F)(F)F)nc(-c3ccncc3)n2)c1. The van der Waals surface area contributed by atoms with E-state index in [4.69, 9.17) is 5.73 Å². The molecule has 0 unspecified atom stereocenters. The number of nitrogens with two attached hydrogens (primary N) is 1. The fourth-order valence-corrected chi connectivity index (χ4v) is 2.34. The zero-order chi connectivity index (χ0) is 19.4. The number of nitrogens with zero attached hydrogens (tertiary/aromatic N) is 3. The third-order valence-corrected chi connectivity index (χ3v) is 3.64. The molecule has 0 atom stereocenters. The van der Waals surface area contributed by atoms with E-state index in [0.717, 1.165) is 6.07 Å². The zero-order valence-electron chi connectivity index (χ0n) is 13.9. The minimum Gasteiger partial charge on any atom is -0.366 e. The van der Waals surface area contributed by atoms with Gasteiger partial charge in [-0.25, -0.2) is 9.97 Å². The van der Waals surface area contributed by atoms with Crippen molar-refractivity contribution in [2.75, 3.05) is 5.32 Å². The van der Waals surface area contributed by atoms with E-state index in [9.17, 15) is 18.0 Å². The van der Waals surface area contributed by atoms with Gasteiger partial charge in [-0.2, -0.15) is 13.2 Å². The molecular formula is C18H14F3N5O. The molecule has 0 bridgehead atoms. The van der Waals surface area contributed by atoms with Gasteiger partial charge in [0.1, 0.15) is 5.82 Å². The Kier molecular flexibility index (Phi) is 5.02. The summed E-state index contributed by atoms with van der Waals surface area (Å²) in [5, 5.41) is 2.83. The maximum absolute atomic E-state index is 13.2. The summed E-state index contributed by atoms with van der Waals surface area (Å²) in [7, 11) is 0. The van der Waals surface area contributed by atoms with Gasteiger partial charge in [0.25, 0.3) is 0 Å². The number of rotatable bonds is 5. The molecule has 0 fully saturated rings. The first-order valence-electron chi connectivity index (χ1n) is 7.82. The van der Waals surface area contributed by atoms with Gasteiger partial charge in [-0.1, -0.05) is 12.1 Å². The normalized spacial score (nSPS) is 11.2. The number of carbonyl (C=O) groups is 1. The number of alkyl halides is 3. The van der Waals surface area contributed by atoms with Gasteiger partial charge in [-0.15, -0.1) is 0 Å². The second kappa shape index (κ2) is 7.40. The molecule has 0 aliphatic rings. The average molecular weight is 373 g/mol. The minimum absolute atomic E-state index is 0.00798. The summed E-state index contributed by atoms with van der Waals surface area (Å²) in [4.78, 5) is 22.8. The molecule has 0 aliphatic heterocycles. The van der Waals surface area contributed by atoms with Crippen LogP contribution in [-0.4, -0.2) is 20.9 Å². The van der Waals surface area contributed by atoms with Crippen molar-refractivity contribution in [1.82, 2.24) is 15.0 Å². The smallest absolute Gasteiger partial charge is 0.366 e. The Balaban J connectivity index is 1.90. The monoisotopic (exact) mass is 373 g/mol. The van der Waals surface area contributed by atoms with E-state index in [2.05, 4.69) is 20.3 Å². The van der Waals surface area contributed by atoms with Crippen molar-refractivity contribution in [1.29, 1.82) is 0 Å². The van der Waals surface area contributed by atoms with Crippen LogP contribution in [0.5, 0.6) is 0 Å². The number of pyridine rings is 1. The summed E-state index contributed by atoms with van der Waals surface area (Å²) in [6.07, 6.45) is -1.73. The summed E-state index contributed by atoms with van der Waals surface area (Å²) in [5.74, 6) is -0.646. The number of benzene rings is 1. The number of nitrogens with one attached hydrogen (secondary N) is 1. The van der Waals surface area contributed by atoms with E-state index in [1.165, 1.54) is 24.5 Å². The van der Waals surface area contributed by atoms with Crippen LogP contribution in [0.2, 0.25) is 0 Å². The van der Waals surface area contributed by atoms with Crippen LogP contribution in [0.4, 0.5) is 19.0 Å². The van der Waals surface area contributed by atoms with E-state index >= 15 is 0 Å². The minimum atomic E-state index is -4.62. The first-order valence-corrected chi connectivity index (χ1v) is 7.82. The van der Waals surface area contributed by atoms with Crippen LogP contribution in [0, 0.1) is 0 Å². The molecular weight excluding hydrogens is 359 g/mol. The summed E-state index contributed by atoms with van der Waals surface area (Å²) >= 11 is 0. The highest BCUT2D eigenvalue weighted by Gasteiger charge is 2.33. The quantitative estimate of drug-likeness (QED) is 0.716. The van der Waals surface area contributed by atoms with Crippen LogP contribution >= 0.6 is 0 Å². The topological polar surface area (TPSA) is 93.8 Å². The lowest BCUT2D eigenvalue weighted by Crippen LogP contribution is -2.13. The molecule has 27 heavy (non-hydrogen) atoms. The largest absolute Gasteiger partial charge is 0.433 e. The Bertz CT molecular complexity index is 961. The molecule has 1 aromatic carbocycles. The van der Waals surface area contributed by atoms with Crippen LogP contribution in [0.25, 0.3) is 11.4 Å². The maximum Gasteiger partial charge on any atom is 0.433 e. The first-order chi connectivity index (χ1) is 12.8. The van der Waals surface area contributed by atoms with Crippen molar-refractivity contribution >= 4 is 11.7 Å². The number of anilines is 1. The molecule has 6 nitrogen and oxygen atoms in total. The van der Waals surface area contributed by atoms with Gasteiger partial charge >= 0.3 is 6.18 Å². The Morgan fingerprint density at radius 1 is 1.07 bits per heavy atom. The number of hydrogen-bond donors (Lipinski definition) is 2. The second-order valence-electron chi connectivity index (χ2n) is 5.61. The van der Waals surface area contributed by atoms with Gasteiger partial charge < -0.3 is 11.1 Å². The fourth-order valence-electron chi connectivity index (χ4n) is 2.34. The van der Waals surface area contributed by atoms with Gasteiger partial charge in [-0.05, 0) is 29.8 Å². The molecule has 2 aromatic heterocycles. The molecule has 138 valence electrons. The van der Waals surface area contributed by atoms with Gasteiger partial charge in [0.15, 0.2) is 11.5 Å². The molecule has 0 saturated carbocycles. The molecule has 0 aliphatic carbocycles. The van der Waals surface area contributed by atoms with E-state index in [-0.39, 0.29) is 18.2 Å². The van der Waals surface area contributed by atoms with E-state index in [1.807, 2.05) is 0 Å². The van der Waals surface area contributed by atoms with Gasteiger partial charge in [0, 0.05) is 36.1 Å². The van der Waals surface area contributed by atoms with Crippen LogP contribution in [0.15, 0.2) is 54.9 Å². The van der Waals surface area contributed by atoms with Crippen molar-refractivity contribution in [3.8, 4) is 11.4 Å². The van der Waals surface area contributed by atoms with Crippen molar-refractivity contribution in [2.24, 2.45) is 5.73 Å².